The third-order valence-electron chi connectivity index (χ3n) is 5.03. The van der Waals surface area contributed by atoms with Gasteiger partial charge >= 0.3 is 0 Å². The first-order valence-electron chi connectivity index (χ1n) is 10.6. The van der Waals surface area contributed by atoms with E-state index in [1.165, 1.54) is 18.2 Å². The van der Waals surface area contributed by atoms with Crippen LogP contribution >= 0.6 is 47.8 Å². The second-order valence-corrected chi connectivity index (χ2v) is 10.4. The Hall–Kier alpha value is -3.27. The maximum absolute atomic E-state index is 13.0. The Morgan fingerprint density at radius 1 is 0.417 bits per heavy atom. The molecule has 0 atom stereocenters. The molecule has 0 fully saturated rings. The van der Waals surface area contributed by atoms with E-state index in [1.54, 1.807) is 72.8 Å². The van der Waals surface area contributed by atoms with Crippen LogP contribution in [0.2, 0.25) is 0 Å². The lowest BCUT2D eigenvalue weighted by atomic mass is 10.0. The topological polar surface area (TPSA) is 87.3 Å². The Bertz CT molecular complexity index is 1230. The highest BCUT2D eigenvalue weighted by Gasteiger charge is 2.17. The quantitative estimate of drug-likeness (QED) is 0.196. The molecule has 6 nitrogen and oxygen atoms in total. The van der Waals surface area contributed by atoms with Crippen LogP contribution in [0, 0.1) is 0 Å². The van der Waals surface area contributed by atoms with Crippen molar-refractivity contribution >= 4 is 82.6 Å². The highest BCUT2D eigenvalue weighted by atomic mass is 79.9. The SMILES string of the molecule is O=C(Nc1ccc(Br)cc1)c1cc(C(=O)Nc2ccc(Br)cc2)cc(C(=O)Nc2ccc(Br)cc2)c1. The maximum atomic E-state index is 13.0. The molecule has 0 bridgehead atoms. The molecular weight excluding hydrogens is 654 g/mol. The van der Waals surface area contributed by atoms with Crippen LogP contribution in [0.15, 0.2) is 104 Å². The van der Waals surface area contributed by atoms with Gasteiger partial charge in [0.15, 0.2) is 0 Å². The van der Waals surface area contributed by atoms with Gasteiger partial charge in [0.1, 0.15) is 0 Å². The fraction of sp³-hybridized carbons (Fsp3) is 0. The number of amides is 3. The predicted molar refractivity (Wildman–Crippen MR) is 153 cm³/mol. The van der Waals surface area contributed by atoms with Gasteiger partial charge in [-0.25, -0.2) is 0 Å². The number of hydrogen-bond acceptors (Lipinski definition) is 3. The van der Waals surface area contributed by atoms with Crippen molar-refractivity contribution in [3.05, 3.63) is 121 Å². The monoisotopic (exact) mass is 669 g/mol. The van der Waals surface area contributed by atoms with Crippen LogP contribution in [0.25, 0.3) is 0 Å². The molecule has 3 N–H and O–H groups in total. The smallest absolute Gasteiger partial charge is 0.255 e. The number of benzene rings is 4. The summed E-state index contributed by atoms with van der Waals surface area (Å²) in [6, 6.07) is 25.6. The van der Waals surface area contributed by atoms with Gasteiger partial charge < -0.3 is 16.0 Å². The number of anilines is 3. The van der Waals surface area contributed by atoms with Crippen molar-refractivity contribution in [1.29, 1.82) is 0 Å². The van der Waals surface area contributed by atoms with E-state index in [1.807, 2.05) is 0 Å². The zero-order valence-corrected chi connectivity index (χ0v) is 23.3. The Morgan fingerprint density at radius 3 is 0.861 bits per heavy atom. The van der Waals surface area contributed by atoms with Gasteiger partial charge in [-0.3, -0.25) is 14.4 Å². The molecule has 180 valence electrons. The lowest BCUT2D eigenvalue weighted by molar-refractivity contribution is 0.102. The van der Waals surface area contributed by atoms with E-state index in [2.05, 4.69) is 63.7 Å². The third-order valence-corrected chi connectivity index (χ3v) is 6.61. The summed E-state index contributed by atoms with van der Waals surface area (Å²) in [5.41, 5.74) is 2.24. The molecule has 4 aromatic carbocycles. The largest absolute Gasteiger partial charge is 0.322 e. The van der Waals surface area contributed by atoms with Crippen molar-refractivity contribution in [2.45, 2.75) is 0 Å². The summed E-state index contributed by atoms with van der Waals surface area (Å²) >= 11 is 10.1. The summed E-state index contributed by atoms with van der Waals surface area (Å²) in [4.78, 5) is 39.1. The lowest BCUT2D eigenvalue weighted by Crippen LogP contribution is -2.19. The van der Waals surface area contributed by atoms with E-state index >= 15 is 0 Å². The molecule has 0 aromatic heterocycles. The lowest BCUT2D eigenvalue weighted by Gasteiger charge is -2.12. The van der Waals surface area contributed by atoms with E-state index < -0.39 is 17.7 Å². The van der Waals surface area contributed by atoms with Gasteiger partial charge in [-0.1, -0.05) is 47.8 Å². The standard InChI is InChI=1S/C27H18Br3N3O3/c28-19-1-7-22(8-2-19)31-25(34)16-13-17(26(35)32-23-9-3-20(29)4-10-23)15-18(14-16)27(36)33-24-11-5-21(30)6-12-24/h1-15H,(H,31,34)(H,32,35)(H,33,36). The molecule has 0 heterocycles. The summed E-state index contributed by atoms with van der Waals surface area (Å²) in [6.45, 7) is 0. The second-order valence-electron chi connectivity index (χ2n) is 7.68. The zero-order chi connectivity index (χ0) is 25.7. The van der Waals surface area contributed by atoms with Crippen LogP contribution in [0.1, 0.15) is 31.1 Å². The minimum atomic E-state index is -0.451. The summed E-state index contributed by atoms with van der Waals surface area (Å²) in [7, 11) is 0. The molecule has 0 saturated heterocycles. The molecule has 9 heteroatoms. The van der Waals surface area contributed by atoms with Crippen molar-refractivity contribution in [3.8, 4) is 0 Å². The highest BCUT2D eigenvalue weighted by molar-refractivity contribution is 9.11. The molecule has 0 unspecified atom stereocenters. The van der Waals surface area contributed by atoms with Crippen LogP contribution in [0.5, 0.6) is 0 Å². The molecule has 0 aliphatic heterocycles. The number of carbonyl (C=O) groups excluding carboxylic acids is 3. The Balaban J connectivity index is 1.64. The van der Waals surface area contributed by atoms with Crippen molar-refractivity contribution in [2.24, 2.45) is 0 Å². The first-order chi connectivity index (χ1) is 17.3. The first-order valence-corrected chi connectivity index (χ1v) is 13.0. The zero-order valence-electron chi connectivity index (χ0n) is 18.5. The molecule has 4 rings (SSSR count). The minimum Gasteiger partial charge on any atom is -0.322 e. The van der Waals surface area contributed by atoms with E-state index in [4.69, 9.17) is 0 Å². The van der Waals surface area contributed by atoms with Gasteiger partial charge in [0.05, 0.1) is 0 Å². The predicted octanol–water partition coefficient (Wildman–Crippen LogP) is 7.73. The van der Waals surface area contributed by atoms with Crippen LogP contribution < -0.4 is 16.0 Å². The number of rotatable bonds is 6. The van der Waals surface area contributed by atoms with E-state index in [0.29, 0.717) is 17.1 Å². The van der Waals surface area contributed by atoms with Crippen LogP contribution in [-0.2, 0) is 0 Å². The van der Waals surface area contributed by atoms with Crippen molar-refractivity contribution < 1.29 is 14.4 Å². The van der Waals surface area contributed by atoms with E-state index in [0.717, 1.165) is 13.4 Å². The molecule has 0 spiro atoms. The molecule has 4 aromatic rings. The normalized spacial score (nSPS) is 10.4. The number of hydrogen-bond donors (Lipinski definition) is 3. The number of carbonyl (C=O) groups is 3. The van der Waals surface area contributed by atoms with Gasteiger partial charge in [0, 0.05) is 47.2 Å². The van der Waals surface area contributed by atoms with E-state index in [-0.39, 0.29) is 16.7 Å². The van der Waals surface area contributed by atoms with Crippen molar-refractivity contribution in [1.82, 2.24) is 0 Å². The summed E-state index contributed by atoms with van der Waals surface area (Å²) < 4.78 is 2.62. The summed E-state index contributed by atoms with van der Waals surface area (Å²) in [5, 5.41) is 8.39. The van der Waals surface area contributed by atoms with Crippen molar-refractivity contribution in [2.75, 3.05) is 16.0 Å². The number of halogens is 3. The van der Waals surface area contributed by atoms with Gasteiger partial charge in [-0.05, 0) is 91.0 Å². The maximum Gasteiger partial charge on any atom is 0.255 e. The Kier molecular flexibility index (Phi) is 8.35. The molecule has 0 radical (unpaired) electrons. The van der Waals surface area contributed by atoms with Crippen LogP contribution in [-0.4, -0.2) is 17.7 Å². The molecule has 36 heavy (non-hydrogen) atoms. The Labute approximate surface area is 232 Å². The highest BCUT2D eigenvalue weighted by Crippen LogP contribution is 2.20. The van der Waals surface area contributed by atoms with Crippen LogP contribution in [0.3, 0.4) is 0 Å². The van der Waals surface area contributed by atoms with Gasteiger partial charge in [-0.2, -0.15) is 0 Å². The molecular formula is C27H18Br3N3O3. The molecule has 0 saturated carbocycles. The van der Waals surface area contributed by atoms with Gasteiger partial charge in [0.2, 0.25) is 0 Å². The fourth-order valence-electron chi connectivity index (χ4n) is 3.23. The fourth-order valence-corrected chi connectivity index (χ4v) is 4.02. The Morgan fingerprint density at radius 2 is 0.639 bits per heavy atom. The molecule has 0 aliphatic carbocycles. The average molecular weight is 672 g/mol. The summed E-state index contributed by atoms with van der Waals surface area (Å²) in [5.74, 6) is -1.35. The molecule has 0 aliphatic rings. The van der Waals surface area contributed by atoms with Crippen molar-refractivity contribution in [3.63, 3.8) is 0 Å². The third kappa shape index (κ3) is 6.90. The minimum absolute atomic E-state index is 0.169. The number of nitrogens with one attached hydrogen (secondary N) is 3. The van der Waals surface area contributed by atoms with Gasteiger partial charge in [0.25, 0.3) is 17.7 Å². The van der Waals surface area contributed by atoms with Crippen LogP contribution in [0.4, 0.5) is 17.1 Å². The second kappa shape index (κ2) is 11.6. The average Bonchev–Trinajstić information content (AvgIpc) is 2.87. The first kappa shape index (κ1) is 25.8. The molecule has 3 amide bonds. The summed E-state index contributed by atoms with van der Waals surface area (Å²) in [6.07, 6.45) is 0. The van der Waals surface area contributed by atoms with E-state index in [9.17, 15) is 14.4 Å². The van der Waals surface area contributed by atoms with Gasteiger partial charge in [-0.15, -0.1) is 0 Å².